The number of alkyl halides is 3. The Morgan fingerprint density at radius 2 is 0.922 bits per heavy atom. The van der Waals surface area contributed by atoms with E-state index in [4.69, 9.17) is 13.6 Å². The zero-order valence-corrected chi connectivity index (χ0v) is 40.8. The lowest BCUT2D eigenvalue weighted by Crippen LogP contribution is -2.40. The summed E-state index contributed by atoms with van der Waals surface area (Å²) in [7, 11) is 0. The molecule has 2 aromatic heterocycles. The molecule has 1 unspecified atom stereocenters. The summed E-state index contributed by atoms with van der Waals surface area (Å²) in [5.74, 6) is -2.54. The molecule has 0 saturated heterocycles. The highest BCUT2D eigenvalue weighted by atomic mass is 19.4. The number of ether oxygens (including phenoxy) is 1. The number of amides is 4. The maximum absolute atomic E-state index is 15.5. The van der Waals surface area contributed by atoms with Crippen LogP contribution in [0.3, 0.4) is 0 Å². The standard InChI is InChI=1S/C61H37F3N4O9/c1-32-4-8-34(9-5-32)52(69)35-10-12-36(13-11-35)54-65-48-30-39(16-26-50(48)76-54)60(3,61(62,63)64)40-17-27-51-49(31-40)66-59(77-51)68-56(72)45-25-15-38(29-47(45)58(68)74)53(70)37-14-24-44-46(28-37)57(73)67(55(44)71)41-18-22-43(23-19-41)75-42-20-6-33(2)7-21-42/h4-31H,1-3H3. The van der Waals surface area contributed by atoms with Gasteiger partial charge in [-0.05, 0) is 129 Å². The van der Waals surface area contributed by atoms with E-state index >= 15 is 13.2 Å². The van der Waals surface area contributed by atoms with E-state index in [0.717, 1.165) is 23.0 Å². The maximum atomic E-state index is 15.5. The molecule has 77 heavy (non-hydrogen) atoms. The summed E-state index contributed by atoms with van der Waals surface area (Å²) in [5.41, 5.74) is 0.926. The number of benzene rings is 8. The van der Waals surface area contributed by atoms with E-state index in [2.05, 4.69) is 9.97 Å². The first kappa shape index (κ1) is 47.9. The van der Waals surface area contributed by atoms with Crippen molar-refractivity contribution in [1.29, 1.82) is 0 Å². The summed E-state index contributed by atoms with van der Waals surface area (Å²) >= 11 is 0. The Morgan fingerprint density at radius 3 is 1.48 bits per heavy atom. The number of aromatic nitrogens is 2. The number of fused-ring (bicyclic) bond motifs is 4. The van der Waals surface area contributed by atoms with Gasteiger partial charge in [-0.25, -0.2) is 9.88 Å². The molecule has 1 atom stereocenters. The smallest absolute Gasteiger partial charge is 0.402 e. The molecule has 0 aliphatic carbocycles. The number of carbonyl (C=O) groups excluding carboxylic acids is 6. The van der Waals surface area contributed by atoms with Gasteiger partial charge in [-0.1, -0.05) is 83.9 Å². The van der Waals surface area contributed by atoms with Crippen molar-refractivity contribution in [2.24, 2.45) is 0 Å². The number of carbonyl (C=O) groups is 6. The summed E-state index contributed by atoms with van der Waals surface area (Å²) < 4.78 is 64.1. The van der Waals surface area contributed by atoms with Crippen LogP contribution in [0.15, 0.2) is 179 Å². The van der Waals surface area contributed by atoms with Crippen molar-refractivity contribution in [2.75, 3.05) is 9.80 Å². The van der Waals surface area contributed by atoms with Gasteiger partial charge in [0.2, 0.25) is 5.89 Å². The van der Waals surface area contributed by atoms with E-state index in [0.29, 0.717) is 33.1 Å². The second-order valence-corrected chi connectivity index (χ2v) is 18.9. The van der Waals surface area contributed by atoms with E-state index in [1.807, 2.05) is 50.2 Å². The Kier molecular flexibility index (Phi) is 11.1. The number of hydrogen-bond donors (Lipinski definition) is 0. The molecule has 0 radical (unpaired) electrons. The summed E-state index contributed by atoms with van der Waals surface area (Å²) in [6.07, 6.45) is -4.87. The van der Waals surface area contributed by atoms with Crippen LogP contribution in [-0.4, -0.2) is 51.3 Å². The highest BCUT2D eigenvalue weighted by Gasteiger charge is 2.54. The van der Waals surface area contributed by atoms with Crippen LogP contribution in [0.1, 0.15) is 102 Å². The average molecular weight is 1030 g/mol. The van der Waals surface area contributed by atoms with Gasteiger partial charge in [0.15, 0.2) is 22.7 Å². The Morgan fingerprint density at radius 1 is 0.481 bits per heavy atom. The SMILES string of the molecule is Cc1ccc(Oc2ccc(N3C(=O)c4ccc(C(=O)c5ccc6c(c5)C(=O)N(c5nc7cc(C(C)(c8ccc9oc(-c%10ccc(C(=O)c%11ccc(C)cc%11)cc%10)nc9c8)C(F)(F)F)ccc7o5)C6=O)cc4C3=O)cc2)cc1. The molecule has 16 heteroatoms. The van der Waals surface area contributed by atoms with Crippen LogP contribution < -0.4 is 14.5 Å². The summed E-state index contributed by atoms with van der Waals surface area (Å²) in [6, 6.07) is 42.7. The van der Waals surface area contributed by atoms with Crippen LogP contribution in [-0.2, 0) is 5.41 Å². The molecule has 0 saturated carbocycles. The van der Waals surface area contributed by atoms with E-state index in [1.54, 1.807) is 60.7 Å². The van der Waals surface area contributed by atoms with E-state index in [1.165, 1.54) is 72.8 Å². The van der Waals surface area contributed by atoms with E-state index < -0.39 is 47.0 Å². The molecule has 0 fully saturated rings. The minimum absolute atomic E-state index is 0.00708. The lowest BCUT2D eigenvalue weighted by Gasteiger charge is -2.33. The Labute approximate surface area is 434 Å². The second-order valence-electron chi connectivity index (χ2n) is 18.9. The Bertz CT molecular complexity index is 4160. The Balaban J connectivity index is 0.769. The number of ketones is 2. The van der Waals surface area contributed by atoms with Gasteiger partial charge in [0.05, 0.1) is 27.9 Å². The molecule has 0 N–H and O–H groups in total. The first-order valence-corrected chi connectivity index (χ1v) is 24.0. The molecule has 2 aliphatic heterocycles. The van der Waals surface area contributed by atoms with Crippen molar-refractivity contribution < 1.29 is 55.5 Å². The number of hydrogen-bond acceptors (Lipinski definition) is 11. The van der Waals surface area contributed by atoms with Crippen LogP contribution in [0.25, 0.3) is 33.7 Å². The molecular weight excluding hydrogens is 990 g/mol. The fraction of sp³-hybridized carbons (Fsp3) is 0.0820. The highest BCUT2D eigenvalue weighted by Crippen LogP contribution is 2.48. The van der Waals surface area contributed by atoms with Gasteiger partial charge in [-0.3, -0.25) is 28.8 Å². The molecule has 0 spiro atoms. The minimum Gasteiger partial charge on any atom is -0.457 e. The van der Waals surface area contributed by atoms with E-state index in [-0.39, 0.29) is 84.1 Å². The molecule has 8 aromatic carbocycles. The quantitative estimate of drug-likeness (QED) is 0.0892. The van der Waals surface area contributed by atoms with Gasteiger partial charge in [-0.15, -0.1) is 0 Å². The van der Waals surface area contributed by atoms with Gasteiger partial charge in [0, 0.05) is 27.8 Å². The van der Waals surface area contributed by atoms with Crippen molar-refractivity contribution in [3.05, 3.63) is 237 Å². The number of oxazole rings is 2. The number of anilines is 2. The highest BCUT2D eigenvalue weighted by molar-refractivity contribution is 6.36. The largest absolute Gasteiger partial charge is 0.457 e. The fourth-order valence-corrected chi connectivity index (χ4v) is 9.56. The van der Waals surface area contributed by atoms with Crippen LogP contribution in [0.5, 0.6) is 11.5 Å². The van der Waals surface area contributed by atoms with Crippen molar-refractivity contribution >= 4 is 69.1 Å². The number of rotatable bonds is 11. The normalized spacial score (nSPS) is 14.1. The van der Waals surface area contributed by atoms with Crippen LogP contribution >= 0.6 is 0 Å². The third-order valence-corrected chi connectivity index (χ3v) is 14.0. The minimum atomic E-state index is -4.87. The molecule has 10 aromatic rings. The third-order valence-electron chi connectivity index (χ3n) is 14.0. The van der Waals surface area contributed by atoms with Crippen LogP contribution in [0.2, 0.25) is 0 Å². The van der Waals surface area contributed by atoms with Crippen molar-refractivity contribution in [3.8, 4) is 23.0 Å². The topological polar surface area (TPSA) is 170 Å². The second kappa shape index (κ2) is 17.8. The van der Waals surface area contributed by atoms with Gasteiger partial charge in [0.25, 0.3) is 23.6 Å². The first-order chi connectivity index (χ1) is 36.9. The zero-order chi connectivity index (χ0) is 53.7. The first-order valence-electron chi connectivity index (χ1n) is 24.0. The van der Waals surface area contributed by atoms with Crippen molar-refractivity contribution in [1.82, 2.24) is 9.97 Å². The number of nitrogens with zero attached hydrogens (tertiary/aromatic N) is 4. The van der Waals surface area contributed by atoms with Crippen LogP contribution in [0, 0.1) is 13.8 Å². The summed E-state index contributed by atoms with van der Waals surface area (Å²) in [5, 5.41) is 0. The molecule has 376 valence electrons. The van der Waals surface area contributed by atoms with Crippen molar-refractivity contribution in [2.45, 2.75) is 32.4 Å². The molecule has 13 nitrogen and oxygen atoms in total. The van der Waals surface area contributed by atoms with Crippen LogP contribution in [0.4, 0.5) is 24.9 Å². The van der Waals surface area contributed by atoms with E-state index in [9.17, 15) is 28.8 Å². The van der Waals surface area contributed by atoms with Gasteiger partial charge in [-0.2, -0.15) is 23.1 Å². The van der Waals surface area contributed by atoms with Gasteiger partial charge < -0.3 is 13.6 Å². The lowest BCUT2D eigenvalue weighted by atomic mass is 9.75. The van der Waals surface area contributed by atoms with Crippen molar-refractivity contribution in [3.63, 3.8) is 0 Å². The molecule has 0 bridgehead atoms. The predicted octanol–water partition coefficient (Wildman–Crippen LogP) is 13.0. The number of aryl methyl sites for hydroxylation is 2. The monoisotopic (exact) mass is 1030 g/mol. The number of halogens is 3. The zero-order valence-electron chi connectivity index (χ0n) is 40.8. The molecular formula is C61H37F3N4O9. The Hall–Kier alpha value is -10.1. The van der Waals surface area contributed by atoms with Gasteiger partial charge >= 0.3 is 12.2 Å². The molecule has 4 amide bonds. The summed E-state index contributed by atoms with van der Waals surface area (Å²) in [4.78, 5) is 92.5. The molecule has 4 heterocycles. The fourth-order valence-electron chi connectivity index (χ4n) is 9.56. The lowest BCUT2D eigenvalue weighted by molar-refractivity contribution is -0.173. The maximum Gasteiger partial charge on any atom is 0.402 e. The predicted molar refractivity (Wildman–Crippen MR) is 277 cm³/mol. The third kappa shape index (κ3) is 8.05. The number of imide groups is 2. The summed E-state index contributed by atoms with van der Waals surface area (Å²) in [6.45, 7) is 4.90. The van der Waals surface area contributed by atoms with Gasteiger partial charge in [0.1, 0.15) is 27.9 Å². The average Bonchev–Trinajstić information content (AvgIpc) is 4.21. The molecule has 12 rings (SSSR count). The molecule has 2 aliphatic rings.